The van der Waals surface area contributed by atoms with Crippen molar-refractivity contribution < 1.29 is 9.53 Å². The van der Waals surface area contributed by atoms with Crippen LogP contribution in [-0.4, -0.2) is 48.2 Å². The van der Waals surface area contributed by atoms with Crippen LogP contribution in [0.15, 0.2) is 29.1 Å². The third kappa shape index (κ3) is 4.73. The highest BCUT2D eigenvalue weighted by Gasteiger charge is 2.25. The first-order valence-corrected chi connectivity index (χ1v) is 11.0. The molecule has 3 aromatic heterocycles. The topological polar surface area (TPSA) is 106 Å². The number of halogens is 1. The number of nitrogens with zero attached hydrogens (tertiary/aromatic N) is 6. The minimum atomic E-state index is 0.120. The van der Waals surface area contributed by atoms with Crippen LogP contribution in [-0.2, 0) is 4.79 Å². The van der Waals surface area contributed by atoms with Gasteiger partial charge in [0.1, 0.15) is 5.82 Å². The molecule has 0 aliphatic carbocycles. The summed E-state index contributed by atoms with van der Waals surface area (Å²) in [5.41, 5.74) is 0.679. The van der Waals surface area contributed by atoms with Gasteiger partial charge in [0, 0.05) is 66.6 Å². The van der Waals surface area contributed by atoms with E-state index in [1.807, 2.05) is 17.9 Å². The molecule has 0 saturated carbocycles. The number of carbonyl (C=O) groups excluding carboxylic acids is 1. The molecule has 0 radical (unpaired) electrons. The van der Waals surface area contributed by atoms with E-state index in [0.717, 1.165) is 36.2 Å². The van der Waals surface area contributed by atoms with Crippen molar-refractivity contribution in [3.63, 3.8) is 0 Å². The predicted octanol–water partition coefficient (Wildman–Crippen LogP) is 4.06. The number of ether oxygens (including phenoxy) is 1. The third-order valence-electron chi connectivity index (χ3n) is 4.83. The Labute approximate surface area is 186 Å². The number of aryl methyl sites for hydroxylation is 1. The van der Waals surface area contributed by atoms with Crippen molar-refractivity contribution in [2.24, 2.45) is 0 Å². The molecule has 0 spiro atoms. The second-order valence-corrected chi connectivity index (χ2v) is 8.58. The molecular weight excluding hydrogens is 470 g/mol. The van der Waals surface area contributed by atoms with Gasteiger partial charge in [-0.25, -0.2) is 15.0 Å². The Balaban J connectivity index is 1.49. The van der Waals surface area contributed by atoms with Gasteiger partial charge in [-0.15, -0.1) is 0 Å². The smallest absolute Gasteiger partial charge is 0.241 e. The van der Waals surface area contributed by atoms with Crippen LogP contribution in [0.1, 0.15) is 37.2 Å². The summed E-state index contributed by atoms with van der Waals surface area (Å²) in [6.07, 6.45) is 6.61. The molecule has 30 heavy (non-hydrogen) atoms. The van der Waals surface area contributed by atoms with Gasteiger partial charge in [-0.3, -0.25) is 9.78 Å². The van der Waals surface area contributed by atoms with Crippen molar-refractivity contribution in [1.29, 1.82) is 0 Å². The molecule has 1 fully saturated rings. The van der Waals surface area contributed by atoms with E-state index >= 15 is 0 Å². The van der Waals surface area contributed by atoms with Crippen LogP contribution in [0.4, 0.5) is 10.9 Å². The number of amides is 1. The van der Waals surface area contributed by atoms with E-state index in [2.05, 4.69) is 45.6 Å². The Hall–Kier alpha value is -2.66. The molecule has 1 aliphatic heterocycles. The number of aromatic nitrogens is 5. The maximum absolute atomic E-state index is 11.5. The molecule has 11 heteroatoms. The number of carbonyl (C=O) groups is 1. The Morgan fingerprint density at radius 3 is 2.77 bits per heavy atom. The second-order valence-electron chi connectivity index (χ2n) is 6.91. The molecule has 4 rings (SSSR count). The van der Waals surface area contributed by atoms with E-state index in [4.69, 9.17) is 4.74 Å². The van der Waals surface area contributed by atoms with Crippen LogP contribution in [0.5, 0.6) is 11.6 Å². The average molecular weight is 490 g/mol. The van der Waals surface area contributed by atoms with Crippen LogP contribution in [0.3, 0.4) is 0 Å². The Morgan fingerprint density at radius 1 is 1.27 bits per heavy atom. The van der Waals surface area contributed by atoms with E-state index < -0.39 is 0 Å². The highest BCUT2D eigenvalue weighted by Crippen LogP contribution is 2.34. The summed E-state index contributed by atoms with van der Waals surface area (Å²) >= 11 is 4.70. The molecule has 3 aromatic rings. The lowest BCUT2D eigenvalue weighted by molar-refractivity contribution is -0.129. The fraction of sp³-hybridized carbons (Fsp3) is 0.368. The quantitative estimate of drug-likeness (QED) is 0.571. The molecule has 0 atom stereocenters. The van der Waals surface area contributed by atoms with Gasteiger partial charge < -0.3 is 15.0 Å². The number of piperidine rings is 1. The van der Waals surface area contributed by atoms with Gasteiger partial charge in [-0.05, 0) is 35.7 Å². The minimum absolute atomic E-state index is 0.120. The summed E-state index contributed by atoms with van der Waals surface area (Å²) in [6, 6.07) is 1.81. The zero-order chi connectivity index (χ0) is 21.1. The maximum Gasteiger partial charge on any atom is 0.241 e. The molecule has 1 aliphatic rings. The van der Waals surface area contributed by atoms with Crippen molar-refractivity contribution in [2.45, 2.75) is 32.6 Å². The third-order valence-corrected chi connectivity index (χ3v) is 5.91. The molecule has 1 amide bonds. The van der Waals surface area contributed by atoms with Crippen LogP contribution in [0.2, 0.25) is 0 Å². The lowest BCUT2D eigenvalue weighted by Crippen LogP contribution is -2.36. The van der Waals surface area contributed by atoms with Crippen LogP contribution >= 0.6 is 27.5 Å². The van der Waals surface area contributed by atoms with Crippen LogP contribution < -0.4 is 10.1 Å². The fourth-order valence-electron chi connectivity index (χ4n) is 3.20. The lowest BCUT2D eigenvalue weighted by atomic mass is 9.96. The highest BCUT2D eigenvalue weighted by atomic mass is 79.9. The van der Waals surface area contributed by atoms with Gasteiger partial charge in [0.15, 0.2) is 11.6 Å². The van der Waals surface area contributed by atoms with E-state index in [-0.39, 0.29) is 11.8 Å². The molecule has 156 valence electrons. The number of nitrogens with one attached hydrogen (secondary N) is 1. The molecule has 1 saturated heterocycles. The van der Waals surface area contributed by atoms with Gasteiger partial charge in [-0.2, -0.15) is 4.37 Å². The summed E-state index contributed by atoms with van der Waals surface area (Å²) in [7, 11) is 0. The molecule has 4 heterocycles. The summed E-state index contributed by atoms with van der Waals surface area (Å²) in [4.78, 5) is 30.9. The summed E-state index contributed by atoms with van der Waals surface area (Å²) in [5.74, 6) is 2.60. The molecule has 1 N–H and O–H groups in total. The minimum Gasteiger partial charge on any atom is -0.433 e. The zero-order valence-electron chi connectivity index (χ0n) is 16.5. The molecular formula is C19H20BrN7O2S. The monoisotopic (exact) mass is 489 g/mol. The van der Waals surface area contributed by atoms with Gasteiger partial charge in [0.05, 0.1) is 5.69 Å². The van der Waals surface area contributed by atoms with E-state index in [1.165, 1.54) is 11.5 Å². The Morgan fingerprint density at radius 2 is 2.03 bits per heavy atom. The van der Waals surface area contributed by atoms with Crippen LogP contribution in [0, 0.1) is 6.92 Å². The van der Waals surface area contributed by atoms with Crippen molar-refractivity contribution in [3.05, 3.63) is 40.6 Å². The first-order valence-electron chi connectivity index (χ1n) is 9.46. The zero-order valence-corrected chi connectivity index (χ0v) is 18.9. The first-order chi connectivity index (χ1) is 14.5. The van der Waals surface area contributed by atoms with E-state index in [1.54, 1.807) is 25.5 Å². The normalized spacial score (nSPS) is 14.6. The summed E-state index contributed by atoms with van der Waals surface area (Å²) in [6.45, 7) is 4.92. The van der Waals surface area contributed by atoms with Crippen LogP contribution in [0.25, 0.3) is 0 Å². The molecule has 9 nitrogen and oxygen atoms in total. The molecule has 0 aromatic carbocycles. The SMILES string of the molecule is CC(=O)N1CCC(c2nsc(Nc3ncc(Br)cc3Oc3nccnc3C)n2)CC1. The summed E-state index contributed by atoms with van der Waals surface area (Å²) in [5, 5.41) is 3.84. The highest BCUT2D eigenvalue weighted by molar-refractivity contribution is 9.10. The number of anilines is 2. The maximum atomic E-state index is 11.5. The van der Waals surface area contributed by atoms with Crippen molar-refractivity contribution in [1.82, 2.24) is 29.2 Å². The lowest BCUT2D eigenvalue weighted by Gasteiger charge is -2.29. The largest absolute Gasteiger partial charge is 0.433 e. The van der Waals surface area contributed by atoms with Gasteiger partial charge >= 0.3 is 0 Å². The fourth-order valence-corrected chi connectivity index (χ4v) is 4.15. The predicted molar refractivity (Wildman–Crippen MR) is 116 cm³/mol. The number of hydrogen-bond acceptors (Lipinski definition) is 9. The van der Waals surface area contributed by atoms with Crippen molar-refractivity contribution in [3.8, 4) is 11.6 Å². The number of likely N-dealkylation sites (tertiary alicyclic amines) is 1. The first kappa shape index (κ1) is 20.6. The van der Waals surface area contributed by atoms with E-state index in [9.17, 15) is 4.79 Å². The van der Waals surface area contributed by atoms with Gasteiger partial charge in [0.2, 0.25) is 16.9 Å². The summed E-state index contributed by atoms with van der Waals surface area (Å²) < 4.78 is 11.2. The van der Waals surface area contributed by atoms with Gasteiger partial charge in [-0.1, -0.05) is 0 Å². The standard InChI is InChI=1S/C19H20BrN7O2S/c1-11-18(22-6-5-21-11)29-15-9-14(20)10-23-17(15)25-19-24-16(26-30-19)13-3-7-27(8-4-13)12(2)28/h5-6,9-10,13H,3-4,7-8H2,1-2H3,(H,23,24,25,26). The molecule has 0 bridgehead atoms. The van der Waals surface area contributed by atoms with E-state index in [0.29, 0.717) is 28.3 Å². The second kappa shape index (κ2) is 9.00. The number of hydrogen-bond donors (Lipinski definition) is 1. The number of rotatable bonds is 5. The van der Waals surface area contributed by atoms with Crippen molar-refractivity contribution >= 4 is 44.3 Å². The Kier molecular flexibility index (Phi) is 6.18. The van der Waals surface area contributed by atoms with Gasteiger partial charge in [0.25, 0.3) is 0 Å². The molecule has 0 unspecified atom stereocenters. The average Bonchev–Trinajstić information content (AvgIpc) is 3.20. The number of pyridine rings is 1. The Bertz CT molecular complexity index is 1050. The van der Waals surface area contributed by atoms with Crippen molar-refractivity contribution in [2.75, 3.05) is 18.4 Å².